The van der Waals surface area contributed by atoms with Crippen LogP contribution in [-0.4, -0.2) is 28.1 Å². The monoisotopic (exact) mass is 235 g/mol. The maximum Gasteiger partial charge on any atom is 0.114 e. The van der Waals surface area contributed by atoms with E-state index in [9.17, 15) is 10.4 Å². The van der Waals surface area contributed by atoms with Crippen LogP contribution in [0.2, 0.25) is 0 Å². The van der Waals surface area contributed by atoms with Crippen molar-refractivity contribution in [3.63, 3.8) is 0 Å². The minimum Gasteiger partial charge on any atom is -0.385 e. The van der Waals surface area contributed by atoms with E-state index in [2.05, 4.69) is 11.2 Å². The number of aliphatic hydroxyl groups is 1. The summed E-state index contributed by atoms with van der Waals surface area (Å²) < 4.78 is 7.00. The van der Waals surface area contributed by atoms with E-state index in [4.69, 9.17) is 4.74 Å². The Kier molecular flexibility index (Phi) is 3.46. The molecule has 1 aromatic heterocycles. The van der Waals surface area contributed by atoms with Gasteiger partial charge >= 0.3 is 0 Å². The molecule has 1 aromatic rings. The maximum absolute atomic E-state index is 10.5. The van der Waals surface area contributed by atoms with Crippen molar-refractivity contribution in [3.8, 4) is 6.07 Å². The molecule has 1 fully saturated rings. The van der Waals surface area contributed by atoms with Crippen molar-refractivity contribution in [1.82, 2.24) is 9.78 Å². The summed E-state index contributed by atoms with van der Waals surface area (Å²) in [7, 11) is 0. The molecule has 0 radical (unpaired) electrons. The number of aliphatic hydroxyl groups excluding tert-OH is 1. The van der Waals surface area contributed by atoms with Crippen molar-refractivity contribution in [1.29, 1.82) is 5.26 Å². The minimum atomic E-state index is -0.793. The number of hydrogen-bond acceptors (Lipinski definition) is 4. The fourth-order valence-electron chi connectivity index (χ4n) is 2.30. The van der Waals surface area contributed by atoms with Crippen molar-refractivity contribution in [2.24, 2.45) is 5.41 Å². The number of rotatable bonds is 3. The van der Waals surface area contributed by atoms with Gasteiger partial charge in [0.2, 0.25) is 0 Å². The van der Waals surface area contributed by atoms with Crippen LogP contribution in [0.25, 0.3) is 0 Å². The van der Waals surface area contributed by atoms with Crippen molar-refractivity contribution in [3.05, 3.63) is 18.0 Å². The Morgan fingerprint density at radius 3 is 2.94 bits per heavy atom. The lowest BCUT2D eigenvalue weighted by atomic mass is 9.75. The van der Waals surface area contributed by atoms with E-state index >= 15 is 0 Å². The molecular formula is C12H17N3O2. The molecule has 0 aliphatic carbocycles. The van der Waals surface area contributed by atoms with Gasteiger partial charge in [-0.15, -0.1) is 0 Å². The fourth-order valence-corrected chi connectivity index (χ4v) is 2.30. The highest BCUT2D eigenvalue weighted by Gasteiger charge is 2.42. The van der Waals surface area contributed by atoms with Gasteiger partial charge in [0.05, 0.1) is 17.2 Å². The smallest absolute Gasteiger partial charge is 0.114 e. The van der Waals surface area contributed by atoms with Crippen molar-refractivity contribution < 1.29 is 9.84 Å². The first-order valence-electron chi connectivity index (χ1n) is 5.92. The van der Waals surface area contributed by atoms with Crippen LogP contribution in [-0.2, 0) is 11.3 Å². The van der Waals surface area contributed by atoms with Crippen LogP contribution >= 0.6 is 0 Å². The van der Waals surface area contributed by atoms with Crippen molar-refractivity contribution >= 4 is 0 Å². The van der Waals surface area contributed by atoms with Gasteiger partial charge in [0.1, 0.15) is 6.10 Å². The largest absolute Gasteiger partial charge is 0.385 e. The molecule has 5 heteroatoms. The number of aryl methyl sites for hydroxylation is 1. The second kappa shape index (κ2) is 4.86. The Morgan fingerprint density at radius 2 is 2.35 bits per heavy atom. The zero-order valence-electron chi connectivity index (χ0n) is 9.96. The third-order valence-corrected chi connectivity index (χ3v) is 3.46. The highest BCUT2D eigenvalue weighted by Crippen LogP contribution is 2.41. The summed E-state index contributed by atoms with van der Waals surface area (Å²) in [5, 5.41) is 24.0. The molecule has 0 amide bonds. The Bertz CT molecular complexity index is 416. The van der Waals surface area contributed by atoms with E-state index in [-0.39, 0.29) is 0 Å². The summed E-state index contributed by atoms with van der Waals surface area (Å²) >= 11 is 0. The molecule has 0 saturated carbocycles. The molecule has 0 aromatic carbocycles. The van der Waals surface area contributed by atoms with Crippen LogP contribution in [0, 0.1) is 16.7 Å². The summed E-state index contributed by atoms with van der Waals surface area (Å²) in [6.07, 6.45) is 2.00. The number of ether oxygens (including phenoxy) is 1. The molecule has 1 aliphatic heterocycles. The highest BCUT2D eigenvalue weighted by atomic mass is 16.5. The number of hydrogen-bond donors (Lipinski definition) is 1. The molecule has 2 rings (SSSR count). The van der Waals surface area contributed by atoms with Gasteiger partial charge in [0.15, 0.2) is 0 Å². The molecule has 1 atom stereocenters. The van der Waals surface area contributed by atoms with Gasteiger partial charge in [-0.3, -0.25) is 4.68 Å². The van der Waals surface area contributed by atoms with Gasteiger partial charge in [-0.25, -0.2) is 0 Å². The third kappa shape index (κ3) is 2.06. The van der Waals surface area contributed by atoms with E-state index < -0.39 is 11.5 Å². The van der Waals surface area contributed by atoms with Crippen LogP contribution in [0.1, 0.15) is 31.6 Å². The Balaban J connectivity index is 2.29. The topological polar surface area (TPSA) is 71.1 Å². The second-order valence-corrected chi connectivity index (χ2v) is 4.35. The quantitative estimate of drug-likeness (QED) is 0.856. The summed E-state index contributed by atoms with van der Waals surface area (Å²) in [6.45, 7) is 3.72. The summed E-state index contributed by atoms with van der Waals surface area (Å²) in [5.74, 6) is 0. The van der Waals surface area contributed by atoms with Crippen LogP contribution in [0.15, 0.2) is 12.3 Å². The third-order valence-electron chi connectivity index (χ3n) is 3.46. The van der Waals surface area contributed by atoms with Gasteiger partial charge in [-0.1, -0.05) is 0 Å². The van der Waals surface area contributed by atoms with Gasteiger partial charge < -0.3 is 9.84 Å². The molecule has 0 bridgehead atoms. The standard InChI is InChI=1S/C12H17N3O2/c1-2-15-10(3-6-14-15)11(16)12(9-13)4-7-17-8-5-12/h3,6,11,16H,2,4-5,7-8H2,1H3. The average molecular weight is 235 g/mol. The molecule has 1 saturated heterocycles. The average Bonchev–Trinajstić information content (AvgIpc) is 2.86. The van der Waals surface area contributed by atoms with Gasteiger partial charge in [-0.05, 0) is 25.8 Å². The predicted molar refractivity (Wildman–Crippen MR) is 61.0 cm³/mol. The molecular weight excluding hydrogens is 218 g/mol. The van der Waals surface area contributed by atoms with Crippen LogP contribution in [0.3, 0.4) is 0 Å². The SMILES string of the molecule is CCn1nccc1C(O)C1(C#N)CCOCC1. The highest BCUT2D eigenvalue weighted by molar-refractivity contribution is 5.16. The van der Waals surface area contributed by atoms with Crippen LogP contribution in [0.5, 0.6) is 0 Å². The molecule has 1 unspecified atom stereocenters. The maximum atomic E-state index is 10.5. The van der Waals surface area contributed by atoms with E-state index in [1.807, 2.05) is 6.92 Å². The van der Waals surface area contributed by atoms with Crippen molar-refractivity contribution in [2.45, 2.75) is 32.4 Å². The van der Waals surface area contributed by atoms with Crippen LogP contribution < -0.4 is 0 Å². The zero-order valence-corrected chi connectivity index (χ0v) is 9.96. The van der Waals surface area contributed by atoms with E-state index in [0.29, 0.717) is 32.6 Å². The Hall–Kier alpha value is -1.38. The summed E-state index contributed by atoms with van der Waals surface area (Å²) in [4.78, 5) is 0. The number of nitriles is 1. The predicted octanol–water partition coefficient (Wildman–Crippen LogP) is 1.26. The molecule has 92 valence electrons. The Morgan fingerprint density at radius 1 is 1.65 bits per heavy atom. The lowest BCUT2D eigenvalue weighted by molar-refractivity contribution is -0.0343. The molecule has 2 heterocycles. The van der Waals surface area contributed by atoms with Gasteiger partial charge in [0.25, 0.3) is 0 Å². The molecule has 1 aliphatic rings. The van der Waals surface area contributed by atoms with E-state index in [0.717, 1.165) is 5.69 Å². The van der Waals surface area contributed by atoms with E-state index in [1.54, 1.807) is 16.9 Å². The van der Waals surface area contributed by atoms with Gasteiger partial charge in [-0.2, -0.15) is 10.4 Å². The first-order valence-corrected chi connectivity index (χ1v) is 5.92. The molecule has 0 spiro atoms. The van der Waals surface area contributed by atoms with Crippen LogP contribution in [0.4, 0.5) is 0 Å². The minimum absolute atomic E-state index is 0.533. The van der Waals surface area contributed by atoms with Crippen molar-refractivity contribution in [2.75, 3.05) is 13.2 Å². The van der Waals surface area contributed by atoms with Gasteiger partial charge in [0, 0.05) is 26.0 Å². The zero-order chi connectivity index (χ0) is 12.3. The molecule has 17 heavy (non-hydrogen) atoms. The lowest BCUT2D eigenvalue weighted by Crippen LogP contribution is -2.35. The summed E-state index contributed by atoms with van der Waals surface area (Å²) in [5.41, 5.74) is -0.0125. The number of aromatic nitrogens is 2. The second-order valence-electron chi connectivity index (χ2n) is 4.35. The Labute approximate surface area is 101 Å². The molecule has 1 N–H and O–H groups in total. The summed E-state index contributed by atoms with van der Waals surface area (Å²) in [6, 6.07) is 4.07. The lowest BCUT2D eigenvalue weighted by Gasteiger charge is -2.34. The first kappa shape index (κ1) is 12.1. The fraction of sp³-hybridized carbons (Fsp3) is 0.667. The van der Waals surface area contributed by atoms with E-state index in [1.165, 1.54) is 0 Å². The number of nitrogens with zero attached hydrogens (tertiary/aromatic N) is 3. The first-order chi connectivity index (χ1) is 8.23. The normalized spacial score (nSPS) is 20.8. The molecule has 5 nitrogen and oxygen atoms in total.